The third kappa shape index (κ3) is 2.97. The number of anilines is 3. The third-order valence-electron chi connectivity index (χ3n) is 2.23. The zero-order chi connectivity index (χ0) is 12.4. The molecule has 0 saturated carbocycles. The van der Waals surface area contributed by atoms with Gasteiger partial charge in [0, 0.05) is 3.57 Å². The predicted molar refractivity (Wildman–Crippen MR) is 83.3 cm³/mol. The van der Waals surface area contributed by atoms with Crippen LogP contribution >= 0.6 is 45.8 Å². The lowest BCUT2D eigenvalue weighted by Gasteiger charge is -2.11. The molecule has 2 aromatic carbocycles. The molecule has 88 valence electrons. The SMILES string of the molecule is Nc1cc(I)ccc1Nc1cccc(Cl)c1Cl. The van der Waals surface area contributed by atoms with Crippen LogP contribution < -0.4 is 11.1 Å². The maximum absolute atomic E-state index is 6.09. The van der Waals surface area contributed by atoms with Crippen LogP contribution in [0.15, 0.2) is 36.4 Å². The van der Waals surface area contributed by atoms with Gasteiger partial charge in [0.15, 0.2) is 0 Å². The van der Waals surface area contributed by atoms with Crippen molar-refractivity contribution in [3.05, 3.63) is 50.0 Å². The van der Waals surface area contributed by atoms with Gasteiger partial charge in [-0.3, -0.25) is 0 Å². The standard InChI is InChI=1S/C12H9Cl2IN2/c13-8-2-1-3-11(12(8)14)17-10-5-4-7(15)6-9(10)16/h1-6,17H,16H2. The van der Waals surface area contributed by atoms with Crippen LogP contribution in [0.1, 0.15) is 0 Å². The Morgan fingerprint density at radius 3 is 2.53 bits per heavy atom. The lowest BCUT2D eigenvalue weighted by molar-refractivity contribution is 1.53. The highest BCUT2D eigenvalue weighted by Gasteiger charge is 2.06. The summed E-state index contributed by atoms with van der Waals surface area (Å²) in [6.07, 6.45) is 0. The van der Waals surface area contributed by atoms with E-state index in [0.29, 0.717) is 15.7 Å². The van der Waals surface area contributed by atoms with Crippen molar-refractivity contribution in [2.75, 3.05) is 11.1 Å². The van der Waals surface area contributed by atoms with Gasteiger partial charge in [-0.05, 0) is 52.9 Å². The van der Waals surface area contributed by atoms with Crippen LogP contribution in [0.3, 0.4) is 0 Å². The zero-order valence-electron chi connectivity index (χ0n) is 8.68. The topological polar surface area (TPSA) is 38.0 Å². The van der Waals surface area contributed by atoms with E-state index >= 15 is 0 Å². The number of rotatable bonds is 2. The summed E-state index contributed by atoms with van der Waals surface area (Å²) in [7, 11) is 0. The highest BCUT2D eigenvalue weighted by molar-refractivity contribution is 14.1. The van der Waals surface area contributed by atoms with Crippen LogP contribution in [0.4, 0.5) is 17.1 Å². The van der Waals surface area contributed by atoms with Crippen molar-refractivity contribution in [1.29, 1.82) is 0 Å². The summed E-state index contributed by atoms with van der Waals surface area (Å²) in [6, 6.07) is 11.2. The molecule has 2 rings (SSSR count). The Kier molecular flexibility index (Phi) is 4.01. The molecule has 0 aliphatic heterocycles. The molecule has 0 amide bonds. The van der Waals surface area contributed by atoms with Crippen molar-refractivity contribution in [3.63, 3.8) is 0 Å². The van der Waals surface area contributed by atoms with Crippen molar-refractivity contribution in [1.82, 2.24) is 0 Å². The number of nitrogen functional groups attached to an aromatic ring is 1. The molecular formula is C12H9Cl2IN2. The number of nitrogens with two attached hydrogens (primary N) is 1. The van der Waals surface area contributed by atoms with Gasteiger partial charge in [-0.1, -0.05) is 29.3 Å². The van der Waals surface area contributed by atoms with Gasteiger partial charge >= 0.3 is 0 Å². The largest absolute Gasteiger partial charge is 0.397 e. The first-order valence-electron chi connectivity index (χ1n) is 4.84. The number of nitrogens with one attached hydrogen (secondary N) is 1. The summed E-state index contributed by atoms with van der Waals surface area (Å²) < 4.78 is 1.09. The van der Waals surface area contributed by atoms with E-state index in [1.165, 1.54) is 0 Å². The van der Waals surface area contributed by atoms with Gasteiger partial charge in [0.25, 0.3) is 0 Å². The first-order valence-corrected chi connectivity index (χ1v) is 6.67. The highest BCUT2D eigenvalue weighted by Crippen LogP contribution is 2.33. The number of hydrogen-bond donors (Lipinski definition) is 2. The van der Waals surface area contributed by atoms with E-state index in [9.17, 15) is 0 Å². The second-order valence-electron chi connectivity index (χ2n) is 3.46. The van der Waals surface area contributed by atoms with E-state index in [4.69, 9.17) is 28.9 Å². The Hall–Kier alpha value is -0.650. The quantitative estimate of drug-likeness (QED) is 0.574. The summed E-state index contributed by atoms with van der Waals surface area (Å²) in [5.74, 6) is 0. The van der Waals surface area contributed by atoms with E-state index in [1.807, 2.05) is 30.3 Å². The van der Waals surface area contributed by atoms with Gasteiger partial charge < -0.3 is 11.1 Å². The van der Waals surface area contributed by atoms with E-state index in [0.717, 1.165) is 14.9 Å². The summed E-state index contributed by atoms with van der Waals surface area (Å²) in [6.45, 7) is 0. The van der Waals surface area contributed by atoms with Crippen molar-refractivity contribution in [2.45, 2.75) is 0 Å². The zero-order valence-corrected chi connectivity index (χ0v) is 12.3. The monoisotopic (exact) mass is 378 g/mol. The fourth-order valence-corrected chi connectivity index (χ4v) is 2.26. The van der Waals surface area contributed by atoms with E-state index in [1.54, 1.807) is 6.07 Å². The molecule has 2 nitrogen and oxygen atoms in total. The summed E-state index contributed by atoms with van der Waals surface area (Å²) >= 11 is 14.2. The molecule has 0 aliphatic rings. The second kappa shape index (κ2) is 5.33. The van der Waals surface area contributed by atoms with Gasteiger partial charge in [-0.2, -0.15) is 0 Å². The number of halogens is 3. The maximum atomic E-state index is 6.09. The second-order valence-corrected chi connectivity index (χ2v) is 5.49. The van der Waals surface area contributed by atoms with Crippen molar-refractivity contribution < 1.29 is 0 Å². The van der Waals surface area contributed by atoms with Gasteiger partial charge in [-0.25, -0.2) is 0 Å². The van der Waals surface area contributed by atoms with Crippen LogP contribution in [0, 0.1) is 3.57 Å². The van der Waals surface area contributed by atoms with E-state index in [2.05, 4.69) is 27.9 Å². The van der Waals surface area contributed by atoms with Crippen LogP contribution in [-0.4, -0.2) is 0 Å². The smallest absolute Gasteiger partial charge is 0.0827 e. The molecule has 0 saturated heterocycles. The maximum Gasteiger partial charge on any atom is 0.0827 e. The Bertz CT molecular complexity index is 558. The van der Waals surface area contributed by atoms with Gasteiger partial charge in [0.05, 0.1) is 27.1 Å². The minimum absolute atomic E-state index is 0.493. The molecule has 17 heavy (non-hydrogen) atoms. The van der Waals surface area contributed by atoms with Gasteiger partial charge in [-0.15, -0.1) is 0 Å². The van der Waals surface area contributed by atoms with Gasteiger partial charge in [0.1, 0.15) is 0 Å². The third-order valence-corrected chi connectivity index (χ3v) is 3.72. The molecule has 0 radical (unpaired) electrons. The fraction of sp³-hybridized carbons (Fsp3) is 0. The molecule has 0 fully saturated rings. The number of hydrogen-bond acceptors (Lipinski definition) is 2. The molecule has 2 aromatic rings. The molecule has 0 unspecified atom stereocenters. The molecule has 3 N–H and O–H groups in total. The average molecular weight is 379 g/mol. The summed E-state index contributed by atoms with van der Waals surface area (Å²) in [4.78, 5) is 0. The molecular weight excluding hydrogens is 370 g/mol. The Balaban J connectivity index is 2.35. The predicted octanol–water partition coefficient (Wildman–Crippen LogP) is 4.92. The molecule has 0 bridgehead atoms. The molecule has 0 spiro atoms. The van der Waals surface area contributed by atoms with Crippen molar-refractivity contribution >= 4 is 62.9 Å². The lowest BCUT2D eigenvalue weighted by Crippen LogP contribution is -1.97. The average Bonchev–Trinajstić information content (AvgIpc) is 2.28. The number of benzene rings is 2. The van der Waals surface area contributed by atoms with Crippen LogP contribution in [0.2, 0.25) is 10.0 Å². The minimum atomic E-state index is 0.493. The van der Waals surface area contributed by atoms with E-state index in [-0.39, 0.29) is 0 Å². The first kappa shape index (κ1) is 12.8. The first-order chi connectivity index (χ1) is 8.08. The summed E-state index contributed by atoms with van der Waals surface area (Å²) in [5, 5.41) is 4.17. The van der Waals surface area contributed by atoms with Crippen LogP contribution in [0.25, 0.3) is 0 Å². The van der Waals surface area contributed by atoms with E-state index < -0.39 is 0 Å². The Morgan fingerprint density at radius 2 is 1.82 bits per heavy atom. The van der Waals surface area contributed by atoms with Crippen LogP contribution in [-0.2, 0) is 0 Å². The molecule has 5 heteroatoms. The molecule has 0 atom stereocenters. The molecule has 0 heterocycles. The lowest BCUT2D eigenvalue weighted by atomic mass is 10.2. The normalized spacial score (nSPS) is 10.3. The minimum Gasteiger partial charge on any atom is -0.397 e. The highest BCUT2D eigenvalue weighted by atomic mass is 127. The molecule has 0 aliphatic carbocycles. The van der Waals surface area contributed by atoms with Crippen molar-refractivity contribution in [3.8, 4) is 0 Å². The Morgan fingerprint density at radius 1 is 1.06 bits per heavy atom. The fourth-order valence-electron chi connectivity index (χ4n) is 1.39. The summed E-state index contributed by atoms with van der Waals surface area (Å²) in [5.41, 5.74) is 8.15. The van der Waals surface area contributed by atoms with Gasteiger partial charge in [0.2, 0.25) is 0 Å². The Labute approximate surface area is 123 Å². The van der Waals surface area contributed by atoms with Crippen molar-refractivity contribution in [2.24, 2.45) is 0 Å². The van der Waals surface area contributed by atoms with Crippen LogP contribution in [0.5, 0.6) is 0 Å². The molecule has 0 aromatic heterocycles.